The van der Waals surface area contributed by atoms with Gasteiger partial charge in [-0.2, -0.15) is 0 Å². The number of halogens is 2. The fourth-order valence-corrected chi connectivity index (χ4v) is 2.56. The van der Waals surface area contributed by atoms with Gasteiger partial charge in [0.25, 0.3) is 0 Å². The summed E-state index contributed by atoms with van der Waals surface area (Å²) in [4.78, 5) is 13.2. The molecule has 0 aliphatic carbocycles. The maximum absolute atomic E-state index is 11.5. The number of hydrogen-bond donors (Lipinski definition) is 0. The number of hydrogen-bond acceptors (Lipinski definition) is 1. The van der Waals surface area contributed by atoms with Crippen molar-refractivity contribution in [2.75, 3.05) is 11.4 Å². The molecular formula is C10H9ClINO. The van der Waals surface area contributed by atoms with E-state index < -0.39 is 0 Å². The molecule has 0 bridgehead atoms. The van der Waals surface area contributed by atoms with Crippen LogP contribution in [0.25, 0.3) is 0 Å². The second-order valence-electron chi connectivity index (χ2n) is 3.24. The summed E-state index contributed by atoms with van der Waals surface area (Å²) in [6.07, 6.45) is 1.57. The largest absolute Gasteiger partial charge is 0.311 e. The predicted octanol–water partition coefficient (Wildman–Crippen LogP) is 3.07. The summed E-state index contributed by atoms with van der Waals surface area (Å²) in [7, 11) is 0. The van der Waals surface area contributed by atoms with E-state index in [-0.39, 0.29) is 5.91 Å². The molecule has 0 atom stereocenters. The lowest BCUT2D eigenvalue weighted by Gasteiger charge is -2.17. The number of amides is 1. The highest BCUT2D eigenvalue weighted by Crippen LogP contribution is 2.30. The van der Waals surface area contributed by atoms with Crippen LogP contribution in [0.5, 0.6) is 0 Å². The molecule has 2 nitrogen and oxygen atoms in total. The van der Waals surface area contributed by atoms with E-state index >= 15 is 0 Å². The minimum absolute atomic E-state index is 0.174. The highest BCUT2D eigenvalue weighted by Gasteiger charge is 2.23. The van der Waals surface area contributed by atoms with Gasteiger partial charge < -0.3 is 4.90 Å². The van der Waals surface area contributed by atoms with Crippen molar-refractivity contribution in [1.29, 1.82) is 0 Å². The molecule has 1 fully saturated rings. The zero-order valence-electron chi connectivity index (χ0n) is 7.46. The van der Waals surface area contributed by atoms with E-state index in [9.17, 15) is 4.79 Å². The second-order valence-corrected chi connectivity index (χ2v) is 4.90. The second kappa shape index (κ2) is 4.06. The third-order valence-corrected chi connectivity index (χ3v) is 3.25. The van der Waals surface area contributed by atoms with Gasteiger partial charge in [-0.3, -0.25) is 4.79 Å². The van der Waals surface area contributed by atoms with Crippen molar-refractivity contribution in [2.24, 2.45) is 0 Å². The quantitative estimate of drug-likeness (QED) is 0.728. The van der Waals surface area contributed by atoms with Crippen LogP contribution in [-0.4, -0.2) is 12.5 Å². The van der Waals surface area contributed by atoms with Crippen molar-refractivity contribution >= 4 is 45.8 Å². The summed E-state index contributed by atoms with van der Waals surface area (Å²) in [5.74, 6) is 0.174. The van der Waals surface area contributed by atoms with Gasteiger partial charge in [0, 0.05) is 16.5 Å². The van der Waals surface area contributed by atoms with E-state index in [0.29, 0.717) is 11.4 Å². The third-order valence-electron chi connectivity index (χ3n) is 2.27. The summed E-state index contributed by atoms with van der Waals surface area (Å²) in [5.41, 5.74) is 0.842. The van der Waals surface area contributed by atoms with Crippen LogP contribution in [0.3, 0.4) is 0 Å². The average Bonchev–Trinajstić information content (AvgIpc) is 2.52. The van der Waals surface area contributed by atoms with Gasteiger partial charge in [0.05, 0.1) is 10.7 Å². The van der Waals surface area contributed by atoms with Gasteiger partial charge in [-0.25, -0.2) is 0 Å². The molecule has 1 heterocycles. The average molecular weight is 322 g/mol. The van der Waals surface area contributed by atoms with Gasteiger partial charge in [-0.15, -0.1) is 0 Å². The van der Waals surface area contributed by atoms with E-state index in [2.05, 4.69) is 22.6 Å². The van der Waals surface area contributed by atoms with Crippen LogP contribution in [0.2, 0.25) is 5.02 Å². The topological polar surface area (TPSA) is 20.3 Å². The first-order chi connectivity index (χ1) is 6.68. The Kier molecular flexibility index (Phi) is 2.97. The van der Waals surface area contributed by atoms with E-state index in [4.69, 9.17) is 11.6 Å². The molecule has 1 saturated heterocycles. The first-order valence-electron chi connectivity index (χ1n) is 4.44. The molecule has 1 aromatic carbocycles. The SMILES string of the molecule is O=C1CCCN1c1ccc(I)cc1Cl. The van der Waals surface area contributed by atoms with Gasteiger partial charge >= 0.3 is 0 Å². The smallest absolute Gasteiger partial charge is 0.227 e. The highest BCUT2D eigenvalue weighted by atomic mass is 127. The van der Waals surface area contributed by atoms with Crippen molar-refractivity contribution in [3.8, 4) is 0 Å². The summed E-state index contributed by atoms with van der Waals surface area (Å²) in [6, 6.07) is 5.75. The summed E-state index contributed by atoms with van der Waals surface area (Å²) in [6.45, 7) is 0.791. The standard InChI is InChI=1S/C10H9ClINO/c11-8-6-7(12)3-4-9(8)13-5-1-2-10(13)14/h3-4,6H,1-2,5H2. The third kappa shape index (κ3) is 1.88. The lowest BCUT2D eigenvalue weighted by molar-refractivity contribution is -0.117. The van der Waals surface area contributed by atoms with Crippen molar-refractivity contribution in [3.05, 3.63) is 26.8 Å². The van der Waals surface area contributed by atoms with Gasteiger partial charge in [0.1, 0.15) is 0 Å². The molecule has 4 heteroatoms. The maximum atomic E-state index is 11.5. The molecule has 0 saturated carbocycles. The Hall–Kier alpha value is -0.290. The monoisotopic (exact) mass is 321 g/mol. The summed E-state index contributed by atoms with van der Waals surface area (Å²) < 4.78 is 1.09. The van der Waals surface area contributed by atoms with E-state index in [0.717, 1.165) is 22.2 Å². The number of carbonyl (C=O) groups is 1. The Morgan fingerprint density at radius 2 is 2.21 bits per heavy atom. The number of carbonyl (C=O) groups excluding carboxylic acids is 1. The maximum Gasteiger partial charge on any atom is 0.227 e. The van der Waals surface area contributed by atoms with E-state index in [1.165, 1.54) is 0 Å². The van der Waals surface area contributed by atoms with Crippen LogP contribution in [0.15, 0.2) is 18.2 Å². The highest BCUT2D eigenvalue weighted by molar-refractivity contribution is 14.1. The van der Waals surface area contributed by atoms with E-state index in [1.807, 2.05) is 18.2 Å². The molecule has 1 aliphatic heterocycles. The zero-order chi connectivity index (χ0) is 10.1. The molecular weight excluding hydrogens is 312 g/mol. The number of rotatable bonds is 1. The van der Waals surface area contributed by atoms with E-state index in [1.54, 1.807) is 4.90 Å². The lowest BCUT2D eigenvalue weighted by atomic mass is 10.3. The molecule has 1 aliphatic rings. The summed E-state index contributed by atoms with van der Waals surface area (Å²) >= 11 is 8.28. The fraction of sp³-hybridized carbons (Fsp3) is 0.300. The molecule has 0 unspecified atom stereocenters. The van der Waals surface area contributed by atoms with Crippen LogP contribution < -0.4 is 4.90 Å². The Morgan fingerprint density at radius 1 is 1.43 bits per heavy atom. The molecule has 1 aromatic rings. The van der Waals surface area contributed by atoms with Crippen LogP contribution in [0.4, 0.5) is 5.69 Å². The van der Waals surface area contributed by atoms with Crippen LogP contribution in [0, 0.1) is 3.57 Å². The predicted molar refractivity (Wildman–Crippen MR) is 65.8 cm³/mol. The molecule has 2 rings (SSSR count). The first-order valence-corrected chi connectivity index (χ1v) is 5.89. The molecule has 74 valence electrons. The lowest BCUT2D eigenvalue weighted by Crippen LogP contribution is -2.23. The Morgan fingerprint density at radius 3 is 2.79 bits per heavy atom. The molecule has 0 aromatic heterocycles. The molecule has 1 amide bonds. The molecule has 0 radical (unpaired) electrons. The van der Waals surface area contributed by atoms with Crippen molar-refractivity contribution in [3.63, 3.8) is 0 Å². The Labute approximate surface area is 101 Å². The molecule has 14 heavy (non-hydrogen) atoms. The van der Waals surface area contributed by atoms with Crippen LogP contribution in [-0.2, 0) is 4.79 Å². The minimum atomic E-state index is 0.174. The van der Waals surface area contributed by atoms with Crippen molar-refractivity contribution < 1.29 is 4.79 Å². The van der Waals surface area contributed by atoms with Gasteiger partial charge in [-0.05, 0) is 47.2 Å². The summed E-state index contributed by atoms with van der Waals surface area (Å²) in [5, 5.41) is 0.659. The zero-order valence-corrected chi connectivity index (χ0v) is 10.4. The first kappa shape index (κ1) is 10.2. The number of benzene rings is 1. The van der Waals surface area contributed by atoms with Crippen molar-refractivity contribution in [1.82, 2.24) is 0 Å². The van der Waals surface area contributed by atoms with Gasteiger partial charge in [0.2, 0.25) is 5.91 Å². The van der Waals surface area contributed by atoms with Crippen LogP contribution in [0.1, 0.15) is 12.8 Å². The van der Waals surface area contributed by atoms with Crippen LogP contribution >= 0.6 is 34.2 Å². The van der Waals surface area contributed by atoms with Gasteiger partial charge in [0.15, 0.2) is 0 Å². The molecule has 0 spiro atoms. The van der Waals surface area contributed by atoms with Crippen molar-refractivity contribution in [2.45, 2.75) is 12.8 Å². The fourth-order valence-electron chi connectivity index (χ4n) is 1.60. The minimum Gasteiger partial charge on any atom is -0.311 e. The Bertz CT molecular complexity index is 380. The number of anilines is 1. The normalized spacial score (nSPS) is 16.4. The van der Waals surface area contributed by atoms with Gasteiger partial charge in [-0.1, -0.05) is 11.6 Å². The Balaban J connectivity index is 2.36. The number of nitrogens with zero attached hydrogens (tertiary/aromatic N) is 1. The molecule has 0 N–H and O–H groups in total.